The lowest BCUT2D eigenvalue weighted by atomic mass is 10.00. The fourth-order valence-electron chi connectivity index (χ4n) is 3.59. The predicted molar refractivity (Wildman–Crippen MR) is 92.4 cm³/mol. The highest BCUT2D eigenvalue weighted by Gasteiger charge is 2.31. The molecule has 1 fully saturated rings. The van der Waals surface area contributed by atoms with Crippen molar-refractivity contribution in [1.82, 2.24) is 19.2 Å². The molecule has 1 amide bonds. The van der Waals surface area contributed by atoms with Crippen LogP contribution in [0.3, 0.4) is 0 Å². The van der Waals surface area contributed by atoms with E-state index in [1.807, 2.05) is 6.92 Å². The van der Waals surface area contributed by atoms with E-state index in [0.717, 1.165) is 25.5 Å². The number of piperidine rings is 1. The Bertz CT molecular complexity index is 833. The van der Waals surface area contributed by atoms with Gasteiger partial charge in [-0.1, -0.05) is 6.92 Å². The van der Waals surface area contributed by atoms with Crippen LogP contribution in [0.4, 0.5) is 0 Å². The quantitative estimate of drug-likeness (QED) is 0.839. The van der Waals surface area contributed by atoms with Gasteiger partial charge in [0.05, 0.1) is 24.5 Å². The van der Waals surface area contributed by atoms with Crippen molar-refractivity contribution in [2.75, 3.05) is 19.3 Å². The van der Waals surface area contributed by atoms with Gasteiger partial charge in [-0.2, -0.15) is 4.31 Å². The summed E-state index contributed by atoms with van der Waals surface area (Å²) in [6.45, 7) is 2.88. The molecule has 8 nitrogen and oxygen atoms in total. The number of hydrogen-bond donors (Lipinski definition) is 1. The van der Waals surface area contributed by atoms with Gasteiger partial charge in [0.2, 0.25) is 15.9 Å². The van der Waals surface area contributed by atoms with E-state index in [9.17, 15) is 18.0 Å². The first-order chi connectivity index (χ1) is 11.8. The molecule has 0 unspecified atom stereocenters. The minimum atomic E-state index is -3.33. The third-order valence-electron chi connectivity index (χ3n) is 4.97. The maximum atomic E-state index is 12.5. The molecule has 3 rings (SSSR count). The lowest BCUT2D eigenvalue weighted by Gasteiger charge is -2.35. The Morgan fingerprint density at radius 2 is 2.08 bits per heavy atom. The van der Waals surface area contributed by atoms with Crippen molar-refractivity contribution in [3.63, 3.8) is 0 Å². The maximum Gasteiger partial charge on any atom is 0.254 e. The number of fused-ring (bicyclic) bond motifs is 1. The van der Waals surface area contributed by atoms with Crippen LogP contribution < -0.4 is 5.56 Å². The van der Waals surface area contributed by atoms with Crippen molar-refractivity contribution in [3.05, 3.63) is 27.4 Å². The smallest absolute Gasteiger partial charge is 0.254 e. The zero-order valence-corrected chi connectivity index (χ0v) is 15.4. The second-order valence-corrected chi connectivity index (χ2v) is 8.66. The molecule has 0 radical (unpaired) electrons. The topological polar surface area (TPSA) is 103 Å². The van der Waals surface area contributed by atoms with E-state index >= 15 is 0 Å². The van der Waals surface area contributed by atoms with Crippen LogP contribution in [0.1, 0.15) is 55.7 Å². The minimum absolute atomic E-state index is 0.0443. The third-order valence-corrected chi connectivity index (χ3v) is 6.22. The van der Waals surface area contributed by atoms with Crippen LogP contribution in [-0.2, 0) is 27.8 Å². The summed E-state index contributed by atoms with van der Waals surface area (Å²) in [6.07, 6.45) is 4.59. The lowest BCUT2D eigenvalue weighted by molar-refractivity contribution is -0.134. The summed E-state index contributed by atoms with van der Waals surface area (Å²) in [6, 6.07) is -0.243. The van der Waals surface area contributed by atoms with Crippen molar-refractivity contribution < 1.29 is 13.2 Å². The molecule has 1 saturated heterocycles. The van der Waals surface area contributed by atoms with Gasteiger partial charge in [-0.25, -0.2) is 13.4 Å². The van der Waals surface area contributed by atoms with E-state index in [-0.39, 0.29) is 24.1 Å². The van der Waals surface area contributed by atoms with E-state index in [2.05, 4.69) is 9.97 Å². The average molecular weight is 368 g/mol. The fourth-order valence-corrected chi connectivity index (χ4v) is 4.37. The summed E-state index contributed by atoms with van der Waals surface area (Å²) >= 11 is 0. The third kappa shape index (κ3) is 3.62. The Labute approximate surface area is 147 Å². The van der Waals surface area contributed by atoms with Crippen LogP contribution in [0.5, 0.6) is 0 Å². The Morgan fingerprint density at radius 3 is 2.76 bits per heavy atom. The number of nitrogens with one attached hydrogen (secondary N) is 1. The van der Waals surface area contributed by atoms with Crippen LogP contribution in [0.2, 0.25) is 0 Å². The molecule has 1 N–H and O–H groups in total. The summed E-state index contributed by atoms with van der Waals surface area (Å²) < 4.78 is 24.9. The van der Waals surface area contributed by atoms with Crippen molar-refractivity contribution in [3.8, 4) is 0 Å². The fraction of sp³-hybridized carbons (Fsp3) is 0.688. The van der Waals surface area contributed by atoms with Crippen molar-refractivity contribution >= 4 is 15.9 Å². The zero-order valence-electron chi connectivity index (χ0n) is 14.6. The highest BCUT2D eigenvalue weighted by Crippen LogP contribution is 2.29. The molecule has 1 aromatic heterocycles. The average Bonchev–Trinajstić information content (AvgIpc) is 2.59. The van der Waals surface area contributed by atoms with Crippen molar-refractivity contribution in [2.24, 2.45) is 0 Å². The van der Waals surface area contributed by atoms with E-state index in [1.165, 1.54) is 4.31 Å². The SMILES string of the molecule is CCC(=O)N1CCCC[C@H]1c1nc2c(c(=O)[nH]1)CCN(S(C)(=O)=O)C2. The van der Waals surface area contributed by atoms with Crippen LogP contribution in [0.15, 0.2) is 4.79 Å². The molecule has 0 spiro atoms. The van der Waals surface area contributed by atoms with E-state index in [0.29, 0.717) is 43.0 Å². The van der Waals surface area contributed by atoms with Gasteiger partial charge in [0, 0.05) is 25.1 Å². The molecule has 138 valence electrons. The van der Waals surface area contributed by atoms with Gasteiger partial charge in [-0.3, -0.25) is 9.59 Å². The number of hydrogen-bond acceptors (Lipinski definition) is 5. The molecule has 0 aromatic carbocycles. The Morgan fingerprint density at radius 1 is 1.32 bits per heavy atom. The molecule has 25 heavy (non-hydrogen) atoms. The zero-order chi connectivity index (χ0) is 18.2. The second-order valence-electron chi connectivity index (χ2n) is 6.68. The Balaban J connectivity index is 1.97. The lowest BCUT2D eigenvalue weighted by Crippen LogP contribution is -2.42. The van der Waals surface area contributed by atoms with Crippen LogP contribution in [0.25, 0.3) is 0 Å². The normalized spacial score (nSPS) is 21.8. The van der Waals surface area contributed by atoms with Crippen LogP contribution in [0, 0.1) is 0 Å². The number of amides is 1. The Kier molecular flexibility index (Phi) is 4.97. The monoisotopic (exact) mass is 368 g/mol. The molecule has 1 atom stereocenters. The number of H-pyrrole nitrogens is 1. The first kappa shape index (κ1) is 18.1. The van der Waals surface area contributed by atoms with Crippen LogP contribution in [-0.4, -0.2) is 52.8 Å². The van der Waals surface area contributed by atoms with Gasteiger partial charge in [0.15, 0.2) is 0 Å². The molecule has 3 heterocycles. The van der Waals surface area contributed by atoms with Gasteiger partial charge in [-0.15, -0.1) is 0 Å². The number of likely N-dealkylation sites (tertiary alicyclic amines) is 1. The Hall–Kier alpha value is -1.74. The molecule has 0 bridgehead atoms. The van der Waals surface area contributed by atoms with E-state index in [4.69, 9.17) is 0 Å². The standard InChI is InChI=1S/C16H24N4O4S/c1-3-14(21)20-8-5-4-6-13(20)15-17-12-10-19(25(2,23)24)9-7-11(12)16(22)18-15/h13H,3-10H2,1-2H3,(H,17,18,22)/t13-/m0/s1. The number of sulfonamides is 1. The number of rotatable bonds is 3. The van der Waals surface area contributed by atoms with E-state index < -0.39 is 10.0 Å². The number of carbonyl (C=O) groups excluding carboxylic acids is 1. The number of nitrogens with zero attached hydrogens (tertiary/aromatic N) is 3. The first-order valence-electron chi connectivity index (χ1n) is 8.67. The minimum Gasteiger partial charge on any atom is -0.333 e. The number of aromatic nitrogens is 2. The molecular formula is C16H24N4O4S. The van der Waals surface area contributed by atoms with Crippen molar-refractivity contribution in [2.45, 2.75) is 51.6 Å². The highest BCUT2D eigenvalue weighted by molar-refractivity contribution is 7.88. The predicted octanol–water partition coefficient (Wildman–Crippen LogP) is 0.551. The molecular weight excluding hydrogens is 344 g/mol. The first-order valence-corrected chi connectivity index (χ1v) is 10.5. The molecule has 0 aliphatic carbocycles. The number of aromatic amines is 1. The molecule has 1 aromatic rings. The summed E-state index contributed by atoms with van der Waals surface area (Å²) in [7, 11) is -3.33. The van der Waals surface area contributed by atoms with Gasteiger partial charge in [0.25, 0.3) is 5.56 Å². The number of carbonyl (C=O) groups is 1. The van der Waals surface area contributed by atoms with Gasteiger partial charge in [-0.05, 0) is 25.7 Å². The summed E-state index contributed by atoms with van der Waals surface area (Å²) in [5, 5.41) is 0. The summed E-state index contributed by atoms with van der Waals surface area (Å²) in [4.78, 5) is 33.9. The summed E-state index contributed by atoms with van der Waals surface area (Å²) in [5.41, 5.74) is 0.834. The van der Waals surface area contributed by atoms with Gasteiger partial charge >= 0.3 is 0 Å². The molecule has 0 saturated carbocycles. The molecule has 9 heteroatoms. The largest absolute Gasteiger partial charge is 0.333 e. The maximum absolute atomic E-state index is 12.5. The highest BCUT2D eigenvalue weighted by atomic mass is 32.2. The molecule has 2 aliphatic rings. The van der Waals surface area contributed by atoms with E-state index in [1.54, 1.807) is 4.90 Å². The van der Waals surface area contributed by atoms with Gasteiger partial charge in [0.1, 0.15) is 5.82 Å². The van der Waals surface area contributed by atoms with Crippen LogP contribution >= 0.6 is 0 Å². The second kappa shape index (κ2) is 6.87. The molecule has 2 aliphatic heterocycles. The van der Waals surface area contributed by atoms with Gasteiger partial charge < -0.3 is 9.88 Å². The van der Waals surface area contributed by atoms with Crippen molar-refractivity contribution in [1.29, 1.82) is 0 Å². The summed E-state index contributed by atoms with van der Waals surface area (Å²) in [5.74, 6) is 0.517.